The average Bonchev–Trinajstić information content (AvgIpc) is 2.67. The maximum absolute atomic E-state index is 14.5. The number of pyridine rings is 1. The van der Waals surface area contributed by atoms with E-state index in [2.05, 4.69) is 20.5 Å². The molecular weight excluding hydrogens is 351 g/mol. The number of carbonyl (C=O) groups excluding carboxylic acids is 2. The molecule has 1 aliphatic heterocycles. The molecule has 1 saturated heterocycles. The second-order valence-electron chi connectivity index (χ2n) is 6.36. The number of urea groups is 1. The Morgan fingerprint density at radius 1 is 1.22 bits per heavy atom. The van der Waals surface area contributed by atoms with Crippen LogP contribution in [0.15, 0.2) is 24.3 Å². The monoisotopic (exact) mass is 374 g/mol. The molecule has 27 heavy (non-hydrogen) atoms. The summed E-state index contributed by atoms with van der Waals surface area (Å²) in [6.07, 6.45) is 3.45. The molecule has 0 spiro atoms. The van der Waals surface area contributed by atoms with Crippen LogP contribution in [-0.4, -0.2) is 43.2 Å². The minimum atomic E-state index is -0.611. The van der Waals surface area contributed by atoms with Gasteiger partial charge in [0.1, 0.15) is 17.9 Å². The maximum Gasteiger partial charge on any atom is 0.325 e. The van der Waals surface area contributed by atoms with E-state index >= 15 is 0 Å². The number of fused-ring (bicyclic) bond motifs is 1. The topological polar surface area (TPSA) is 83.6 Å². The largest absolute Gasteiger partial charge is 0.465 e. The molecule has 0 saturated carbocycles. The number of carbonyl (C=O) groups is 2. The molecule has 1 fully saturated rings. The van der Waals surface area contributed by atoms with Gasteiger partial charge in [0.2, 0.25) is 0 Å². The summed E-state index contributed by atoms with van der Waals surface area (Å²) in [5.41, 5.74) is 0.560. The first-order valence-corrected chi connectivity index (χ1v) is 9.12. The van der Waals surface area contributed by atoms with E-state index in [1.165, 1.54) is 12.5 Å². The van der Waals surface area contributed by atoms with Gasteiger partial charge in [-0.3, -0.25) is 4.79 Å². The number of piperidine rings is 1. The first kappa shape index (κ1) is 18.9. The highest BCUT2D eigenvalue weighted by Crippen LogP contribution is 2.25. The van der Waals surface area contributed by atoms with Crippen LogP contribution in [-0.2, 0) is 9.53 Å². The molecule has 0 bridgehead atoms. The zero-order valence-corrected chi connectivity index (χ0v) is 15.3. The van der Waals surface area contributed by atoms with Crippen molar-refractivity contribution in [3.05, 3.63) is 30.1 Å². The zero-order valence-electron chi connectivity index (χ0n) is 15.3. The van der Waals surface area contributed by atoms with Gasteiger partial charge in [0.25, 0.3) is 0 Å². The van der Waals surface area contributed by atoms with Gasteiger partial charge in [0.15, 0.2) is 5.82 Å². The van der Waals surface area contributed by atoms with Crippen LogP contribution in [0.3, 0.4) is 0 Å². The number of hydrogen-bond acceptors (Lipinski definition) is 5. The maximum atomic E-state index is 14.5. The molecule has 0 atom stereocenters. The number of benzene rings is 1. The first-order chi connectivity index (χ1) is 13.1. The summed E-state index contributed by atoms with van der Waals surface area (Å²) < 4.78 is 19.3. The third kappa shape index (κ3) is 4.84. The molecule has 2 heterocycles. The standard InChI is InChI=1S/C19H23FN4O3/c1-2-27-17(25)12-21-19(26)22-14-10-13-6-7-16(23-18(13)15(20)11-14)24-8-4-3-5-9-24/h6-7,10-11H,2-5,8-9,12H2,1H3,(H2,21,22,26). The molecule has 8 heteroatoms. The summed E-state index contributed by atoms with van der Waals surface area (Å²) in [5.74, 6) is -0.271. The molecule has 1 aromatic heterocycles. The van der Waals surface area contributed by atoms with E-state index < -0.39 is 17.8 Å². The first-order valence-electron chi connectivity index (χ1n) is 9.12. The molecule has 7 nitrogen and oxygen atoms in total. The van der Waals surface area contributed by atoms with Crippen LogP contribution in [0.2, 0.25) is 0 Å². The zero-order chi connectivity index (χ0) is 19.2. The van der Waals surface area contributed by atoms with E-state index in [4.69, 9.17) is 4.74 Å². The molecule has 0 unspecified atom stereocenters. The molecule has 0 aliphatic carbocycles. The van der Waals surface area contributed by atoms with E-state index in [1.54, 1.807) is 19.1 Å². The number of ether oxygens (including phenoxy) is 1. The van der Waals surface area contributed by atoms with Gasteiger partial charge in [-0.1, -0.05) is 0 Å². The second-order valence-corrected chi connectivity index (χ2v) is 6.36. The third-order valence-electron chi connectivity index (χ3n) is 4.37. The van der Waals surface area contributed by atoms with Crippen LogP contribution in [0.4, 0.5) is 20.7 Å². The van der Waals surface area contributed by atoms with Crippen molar-refractivity contribution >= 4 is 34.4 Å². The summed E-state index contributed by atoms with van der Waals surface area (Å²) in [4.78, 5) is 29.7. The molecular formula is C19H23FN4O3. The fourth-order valence-corrected chi connectivity index (χ4v) is 3.09. The van der Waals surface area contributed by atoms with Gasteiger partial charge >= 0.3 is 12.0 Å². The number of esters is 1. The Morgan fingerprint density at radius 3 is 2.74 bits per heavy atom. The molecule has 1 aliphatic rings. The molecule has 2 N–H and O–H groups in total. The summed E-state index contributed by atoms with van der Waals surface area (Å²) >= 11 is 0. The minimum Gasteiger partial charge on any atom is -0.465 e. The molecule has 3 rings (SSSR count). The van der Waals surface area contributed by atoms with Gasteiger partial charge in [-0.15, -0.1) is 0 Å². The van der Waals surface area contributed by atoms with Crippen LogP contribution in [0.5, 0.6) is 0 Å². The Bertz CT molecular complexity index is 837. The van der Waals surface area contributed by atoms with Crippen molar-refractivity contribution in [2.24, 2.45) is 0 Å². The molecule has 144 valence electrons. The number of nitrogens with one attached hydrogen (secondary N) is 2. The van der Waals surface area contributed by atoms with Gasteiger partial charge in [-0.05, 0) is 50.5 Å². The van der Waals surface area contributed by atoms with Crippen molar-refractivity contribution in [3.63, 3.8) is 0 Å². The van der Waals surface area contributed by atoms with Crippen LogP contribution in [0.25, 0.3) is 10.9 Å². The van der Waals surface area contributed by atoms with Crippen molar-refractivity contribution in [1.82, 2.24) is 10.3 Å². The Balaban J connectivity index is 1.70. The van der Waals surface area contributed by atoms with Crippen molar-refractivity contribution in [2.45, 2.75) is 26.2 Å². The van der Waals surface area contributed by atoms with Crippen molar-refractivity contribution in [3.8, 4) is 0 Å². The van der Waals surface area contributed by atoms with Gasteiger partial charge in [-0.25, -0.2) is 14.2 Å². The van der Waals surface area contributed by atoms with E-state index in [0.29, 0.717) is 5.39 Å². The van der Waals surface area contributed by atoms with Crippen LogP contribution in [0.1, 0.15) is 26.2 Å². The number of nitrogens with zero attached hydrogens (tertiary/aromatic N) is 2. The number of aromatic nitrogens is 1. The van der Waals surface area contributed by atoms with Crippen molar-refractivity contribution < 1.29 is 18.7 Å². The summed E-state index contributed by atoms with van der Waals surface area (Å²) in [7, 11) is 0. The molecule has 2 amide bonds. The number of anilines is 2. The quantitative estimate of drug-likeness (QED) is 0.786. The average molecular weight is 374 g/mol. The lowest BCUT2D eigenvalue weighted by atomic mass is 10.1. The molecule has 1 aromatic carbocycles. The van der Waals surface area contributed by atoms with Crippen LogP contribution in [0, 0.1) is 5.82 Å². The number of rotatable bonds is 5. The predicted molar refractivity (Wildman–Crippen MR) is 101 cm³/mol. The van der Waals surface area contributed by atoms with Crippen molar-refractivity contribution in [1.29, 1.82) is 0 Å². The lowest BCUT2D eigenvalue weighted by molar-refractivity contribution is -0.141. The lowest BCUT2D eigenvalue weighted by Gasteiger charge is -2.27. The van der Waals surface area contributed by atoms with Gasteiger partial charge in [0.05, 0.1) is 6.61 Å². The fraction of sp³-hybridized carbons (Fsp3) is 0.421. The summed E-state index contributed by atoms with van der Waals surface area (Å²) in [6.45, 7) is 3.53. The highest BCUT2D eigenvalue weighted by Gasteiger charge is 2.15. The Kier molecular flexibility index (Phi) is 6.05. The van der Waals surface area contributed by atoms with Crippen LogP contribution >= 0.6 is 0 Å². The SMILES string of the molecule is CCOC(=O)CNC(=O)Nc1cc(F)c2nc(N3CCCCC3)ccc2c1. The van der Waals surface area contributed by atoms with E-state index in [9.17, 15) is 14.0 Å². The van der Waals surface area contributed by atoms with Gasteiger partial charge < -0.3 is 20.3 Å². The van der Waals surface area contributed by atoms with E-state index in [-0.39, 0.29) is 24.4 Å². The Labute approximate surface area is 156 Å². The van der Waals surface area contributed by atoms with E-state index in [0.717, 1.165) is 31.7 Å². The third-order valence-corrected chi connectivity index (χ3v) is 4.37. The number of hydrogen-bond donors (Lipinski definition) is 2. The summed E-state index contributed by atoms with van der Waals surface area (Å²) in [6, 6.07) is 5.93. The Morgan fingerprint density at radius 2 is 2.00 bits per heavy atom. The van der Waals surface area contributed by atoms with E-state index in [1.807, 2.05) is 6.07 Å². The van der Waals surface area contributed by atoms with Gasteiger partial charge in [-0.2, -0.15) is 0 Å². The summed E-state index contributed by atoms with van der Waals surface area (Å²) in [5, 5.41) is 5.47. The fourth-order valence-electron chi connectivity index (χ4n) is 3.09. The lowest BCUT2D eigenvalue weighted by Crippen LogP contribution is -2.34. The normalized spacial score (nSPS) is 14.1. The van der Waals surface area contributed by atoms with Gasteiger partial charge in [0, 0.05) is 24.2 Å². The predicted octanol–water partition coefficient (Wildman–Crippen LogP) is 3.05. The number of amides is 2. The molecule has 0 radical (unpaired) electrons. The number of halogens is 1. The highest BCUT2D eigenvalue weighted by molar-refractivity contribution is 5.94. The molecule has 2 aromatic rings. The highest BCUT2D eigenvalue weighted by atomic mass is 19.1. The second kappa shape index (κ2) is 8.66. The minimum absolute atomic E-state index is 0.241. The Hall–Kier alpha value is -2.90. The smallest absolute Gasteiger partial charge is 0.325 e. The van der Waals surface area contributed by atoms with Crippen molar-refractivity contribution in [2.75, 3.05) is 36.5 Å². The van der Waals surface area contributed by atoms with Crippen LogP contribution < -0.4 is 15.5 Å².